The van der Waals surface area contributed by atoms with Crippen LogP contribution in [0.15, 0.2) is 18.3 Å². The van der Waals surface area contributed by atoms with Crippen molar-refractivity contribution in [2.75, 3.05) is 25.1 Å². The first-order valence-electron chi connectivity index (χ1n) is 6.58. The van der Waals surface area contributed by atoms with Crippen LogP contribution in [0.25, 0.3) is 5.65 Å². The number of fused-ring (bicyclic) bond motifs is 1. The van der Waals surface area contributed by atoms with Gasteiger partial charge in [0.2, 0.25) is 5.65 Å². The topological polar surface area (TPSA) is 104 Å². The zero-order chi connectivity index (χ0) is 14.9. The van der Waals surface area contributed by atoms with Crippen molar-refractivity contribution in [2.24, 2.45) is 0 Å². The molecule has 0 aromatic carbocycles. The minimum Gasteiger partial charge on any atom is -0.367 e. The van der Waals surface area contributed by atoms with Crippen LogP contribution in [0, 0.1) is 10.1 Å². The van der Waals surface area contributed by atoms with Crippen LogP contribution in [0.1, 0.15) is 13.3 Å². The van der Waals surface area contributed by atoms with Gasteiger partial charge in [-0.1, -0.05) is 9.61 Å². The molecule has 1 saturated heterocycles. The summed E-state index contributed by atoms with van der Waals surface area (Å²) in [5.41, 5.74) is 0.432. The van der Waals surface area contributed by atoms with Crippen molar-refractivity contribution in [3.05, 3.63) is 28.4 Å². The lowest BCUT2D eigenvalue weighted by molar-refractivity contribution is -0.391. The second kappa shape index (κ2) is 5.26. The second-order valence-electron chi connectivity index (χ2n) is 4.87. The summed E-state index contributed by atoms with van der Waals surface area (Å²) in [5.74, 6) is -0.203. The number of imidazole rings is 1. The molecule has 2 aromatic rings. The molecule has 0 amide bonds. The zero-order valence-electron chi connectivity index (χ0n) is 11.5. The molecule has 1 aliphatic heterocycles. The standard InChI is InChI=1S/C12H15N5O4/c1-12(20-6-7-21-12)4-5-13-9-2-3-10-14-8-11(17(18)19)16(10)15-9/h2-3,8H,4-7H2,1H3,(H,13,15). The fourth-order valence-corrected chi connectivity index (χ4v) is 2.20. The third kappa shape index (κ3) is 2.78. The molecule has 112 valence electrons. The Morgan fingerprint density at radius 3 is 2.95 bits per heavy atom. The third-order valence-corrected chi connectivity index (χ3v) is 3.31. The van der Waals surface area contributed by atoms with E-state index in [1.54, 1.807) is 12.1 Å². The highest BCUT2D eigenvalue weighted by atomic mass is 16.7. The maximum absolute atomic E-state index is 10.9. The van der Waals surface area contributed by atoms with Crippen LogP contribution in [0.4, 0.5) is 11.6 Å². The number of nitro groups is 1. The molecule has 0 atom stereocenters. The fraction of sp³-hybridized carbons (Fsp3) is 0.500. The van der Waals surface area contributed by atoms with E-state index in [0.29, 0.717) is 37.6 Å². The van der Waals surface area contributed by atoms with E-state index in [9.17, 15) is 10.1 Å². The third-order valence-electron chi connectivity index (χ3n) is 3.31. The van der Waals surface area contributed by atoms with E-state index in [0.717, 1.165) is 0 Å². The summed E-state index contributed by atoms with van der Waals surface area (Å²) in [6.45, 7) is 3.67. The lowest BCUT2D eigenvalue weighted by Gasteiger charge is -2.22. The van der Waals surface area contributed by atoms with Crippen molar-refractivity contribution in [3.8, 4) is 0 Å². The Labute approximate surface area is 120 Å². The van der Waals surface area contributed by atoms with Gasteiger partial charge in [0.1, 0.15) is 6.20 Å². The van der Waals surface area contributed by atoms with Gasteiger partial charge in [-0.3, -0.25) is 0 Å². The number of ether oxygens (including phenoxy) is 2. The predicted octanol–water partition coefficient (Wildman–Crippen LogP) is 1.20. The van der Waals surface area contributed by atoms with Crippen LogP contribution in [-0.2, 0) is 9.47 Å². The molecule has 0 aliphatic carbocycles. The van der Waals surface area contributed by atoms with Crippen molar-refractivity contribution in [2.45, 2.75) is 19.1 Å². The number of rotatable bonds is 5. The first-order valence-corrected chi connectivity index (χ1v) is 6.58. The Morgan fingerprint density at radius 1 is 1.48 bits per heavy atom. The molecule has 2 aromatic heterocycles. The largest absolute Gasteiger partial charge is 0.368 e. The van der Waals surface area contributed by atoms with Gasteiger partial charge in [0.25, 0.3) is 0 Å². The lowest BCUT2D eigenvalue weighted by Crippen LogP contribution is -2.28. The summed E-state index contributed by atoms with van der Waals surface area (Å²) < 4.78 is 12.2. The molecule has 3 heterocycles. The van der Waals surface area contributed by atoms with E-state index in [1.807, 2.05) is 6.92 Å². The molecule has 9 nitrogen and oxygen atoms in total. The van der Waals surface area contributed by atoms with Gasteiger partial charge in [-0.05, 0) is 17.9 Å². The van der Waals surface area contributed by atoms with Crippen LogP contribution < -0.4 is 5.32 Å². The molecule has 0 radical (unpaired) electrons. The second-order valence-corrected chi connectivity index (χ2v) is 4.87. The fourth-order valence-electron chi connectivity index (χ4n) is 2.20. The molecule has 1 fully saturated rings. The van der Waals surface area contributed by atoms with E-state index in [-0.39, 0.29) is 5.82 Å². The summed E-state index contributed by atoms with van der Waals surface area (Å²) in [4.78, 5) is 14.3. The van der Waals surface area contributed by atoms with E-state index < -0.39 is 10.7 Å². The molecule has 0 bridgehead atoms. The monoisotopic (exact) mass is 293 g/mol. The van der Waals surface area contributed by atoms with Crippen LogP contribution in [0.3, 0.4) is 0 Å². The average molecular weight is 293 g/mol. The molecule has 0 unspecified atom stereocenters. The zero-order valence-corrected chi connectivity index (χ0v) is 11.5. The van der Waals surface area contributed by atoms with E-state index in [4.69, 9.17) is 9.47 Å². The highest BCUT2D eigenvalue weighted by Crippen LogP contribution is 2.22. The van der Waals surface area contributed by atoms with Crippen LogP contribution in [0.5, 0.6) is 0 Å². The Hall–Kier alpha value is -2.26. The van der Waals surface area contributed by atoms with Gasteiger partial charge in [-0.2, -0.15) is 0 Å². The normalized spacial score (nSPS) is 17.2. The number of nitrogens with one attached hydrogen (secondary N) is 1. The van der Waals surface area contributed by atoms with E-state index in [1.165, 1.54) is 10.7 Å². The molecule has 1 aliphatic rings. The van der Waals surface area contributed by atoms with Crippen LogP contribution in [-0.4, -0.2) is 45.1 Å². The first kappa shape index (κ1) is 13.7. The van der Waals surface area contributed by atoms with Crippen molar-refractivity contribution in [1.82, 2.24) is 14.6 Å². The molecular formula is C12H15N5O4. The summed E-state index contributed by atoms with van der Waals surface area (Å²) >= 11 is 0. The molecule has 3 rings (SSSR count). The maximum atomic E-state index is 10.9. The molecule has 0 spiro atoms. The van der Waals surface area contributed by atoms with Gasteiger partial charge in [0, 0.05) is 19.0 Å². The first-order chi connectivity index (χ1) is 10.1. The highest BCUT2D eigenvalue weighted by molar-refractivity contribution is 5.48. The summed E-state index contributed by atoms with van der Waals surface area (Å²) in [6, 6.07) is 3.40. The van der Waals surface area contributed by atoms with Gasteiger partial charge >= 0.3 is 5.82 Å². The quantitative estimate of drug-likeness (QED) is 0.652. The number of anilines is 1. The number of nitrogens with zero attached hydrogens (tertiary/aromatic N) is 4. The average Bonchev–Trinajstić information content (AvgIpc) is 3.05. The van der Waals surface area contributed by atoms with E-state index >= 15 is 0 Å². The highest BCUT2D eigenvalue weighted by Gasteiger charge is 2.30. The van der Waals surface area contributed by atoms with Gasteiger partial charge in [-0.15, -0.1) is 0 Å². The van der Waals surface area contributed by atoms with Gasteiger partial charge in [0.05, 0.1) is 13.2 Å². The van der Waals surface area contributed by atoms with Gasteiger partial charge in [-0.25, -0.2) is 4.98 Å². The number of aromatic nitrogens is 3. The Kier molecular flexibility index (Phi) is 3.43. The van der Waals surface area contributed by atoms with Crippen molar-refractivity contribution in [3.63, 3.8) is 0 Å². The van der Waals surface area contributed by atoms with E-state index in [2.05, 4.69) is 15.4 Å². The van der Waals surface area contributed by atoms with Gasteiger partial charge < -0.3 is 24.9 Å². The van der Waals surface area contributed by atoms with Crippen LogP contribution in [0.2, 0.25) is 0 Å². The minimum absolute atomic E-state index is 0.164. The number of hydrogen-bond donors (Lipinski definition) is 1. The van der Waals surface area contributed by atoms with Crippen LogP contribution >= 0.6 is 0 Å². The van der Waals surface area contributed by atoms with Crippen molar-refractivity contribution >= 4 is 17.3 Å². The van der Waals surface area contributed by atoms with Gasteiger partial charge in [0.15, 0.2) is 11.6 Å². The molecular weight excluding hydrogens is 278 g/mol. The molecule has 9 heteroatoms. The van der Waals surface area contributed by atoms with Crippen molar-refractivity contribution < 1.29 is 14.4 Å². The summed E-state index contributed by atoms with van der Waals surface area (Å²) in [6.07, 6.45) is 1.84. The molecule has 21 heavy (non-hydrogen) atoms. The Bertz CT molecular complexity index is 665. The number of hydrogen-bond acceptors (Lipinski definition) is 7. The maximum Gasteiger partial charge on any atom is 0.368 e. The Morgan fingerprint density at radius 2 is 2.24 bits per heavy atom. The lowest BCUT2D eigenvalue weighted by atomic mass is 10.2. The molecule has 0 saturated carbocycles. The Balaban J connectivity index is 1.69. The summed E-state index contributed by atoms with van der Waals surface area (Å²) in [5, 5.41) is 18.1. The van der Waals surface area contributed by atoms with Crippen molar-refractivity contribution in [1.29, 1.82) is 0 Å². The smallest absolute Gasteiger partial charge is 0.367 e. The predicted molar refractivity (Wildman–Crippen MR) is 73.1 cm³/mol. The molecule has 1 N–H and O–H groups in total. The minimum atomic E-state index is -0.571. The SMILES string of the molecule is CC1(CCNc2ccc3ncc([N+](=O)[O-])n3n2)OCCO1. The summed E-state index contributed by atoms with van der Waals surface area (Å²) in [7, 11) is 0.